The second kappa shape index (κ2) is 5.45. The first-order chi connectivity index (χ1) is 8.97. The SMILES string of the molecule is Cc1ccc(C(=O)Nc2ccc(C)c(Br)c2)c(N)c1. The molecule has 1 amide bonds. The number of benzene rings is 2. The Bertz CT molecular complexity index is 638. The first-order valence-corrected chi connectivity index (χ1v) is 6.70. The van der Waals surface area contributed by atoms with E-state index >= 15 is 0 Å². The lowest BCUT2D eigenvalue weighted by molar-refractivity contribution is 0.102. The number of halogens is 1. The van der Waals surface area contributed by atoms with E-state index in [1.54, 1.807) is 12.1 Å². The molecule has 3 nitrogen and oxygen atoms in total. The van der Waals surface area contributed by atoms with Gasteiger partial charge in [0, 0.05) is 15.8 Å². The summed E-state index contributed by atoms with van der Waals surface area (Å²) in [5.74, 6) is -0.201. The van der Waals surface area contributed by atoms with Crippen LogP contribution in [0, 0.1) is 13.8 Å². The summed E-state index contributed by atoms with van der Waals surface area (Å²) >= 11 is 3.44. The van der Waals surface area contributed by atoms with E-state index in [4.69, 9.17) is 5.73 Å². The fourth-order valence-corrected chi connectivity index (χ4v) is 2.14. The number of nitrogens with two attached hydrogens (primary N) is 1. The van der Waals surface area contributed by atoms with Crippen molar-refractivity contribution in [2.24, 2.45) is 0 Å². The summed E-state index contributed by atoms with van der Waals surface area (Å²) < 4.78 is 0.960. The van der Waals surface area contributed by atoms with Crippen molar-refractivity contribution in [3.05, 3.63) is 57.6 Å². The van der Waals surface area contributed by atoms with Gasteiger partial charge in [-0.2, -0.15) is 0 Å². The first-order valence-electron chi connectivity index (χ1n) is 5.91. The fourth-order valence-electron chi connectivity index (χ4n) is 1.76. The molecule has 0 saturated heterocycles. The zero-order valence-corrected chi connectivity index (χ0v) is 12.4. The summed E-state index contributed by atoms with van der Waals surface area (Å²) in [7, 11) is 0. The van der Waals surface area contributed by atoms with Crippen molar-refractivity contribution >= 4 is 33.2 Å². The van der Waals surface area contributed by atoms with Crippen LogP contribution < -0.4 is 11.1 Å². The number of nitrogens with one attached hydrogen (secondary N) is 1. The highest BCUT2D eigenvalue weighted by molar-refractivity contribution is 9.10. The molecule has 0 saturated carbocycles. The van der Waals surface area contributed by atoms with Gasteiger partial charge in [-0.25, -0.2) is 0 Å². The van der Waals surface area contributed by atoms with E-state index in [1.807, 2.05) is 38.1 Å². The van der Waals surface area contributed by atoms with Gasteiger partial charge in [0.2, 0.25) is 0 Å². The monoisotopic (exact) mass is 318 g/mol. The topological polar surface area (TPSA) is 55.1 Å². The van der Waals surface area contributed by atoms with Gasteiger partial charge in [0.1, 0.15) is 0 Å². The highest BCUT2D eigenvalue weighted by Gasteiger charge is 2.10. The van der Waals surface area contributed by atoms with E-state index in [9.17, 15) is 4.79 Å². The molecule has 0 spiro atoms. The molecule has 2 aromatic rings. The van der Waals surface area contributed by atoms with Gasteiger partial charge in [-0.15, -0.1) is 0 Å². The molecule has 0 atom stereocenters. The van der Waals surface area contributed by atoms with Gasteiger partial charge in [-0.05, 0) is 49.2 Å². The summed E-state index contributed by atoms with van der Waals surface area (Å²) in [6.45, 7) is 3.93. The zero-order valence-electron chi connectivity index (χ0n) is 10.8. The Morgan fingerprint density at radius 3 is 2.53 bits per heavy atom. The van der Waals surface area contributed by atoms with Crippen molar-refractivity contribution in [1.29, 1.82) is 0 Å². The number of amides is 1. The summed E-state index contributed by atoms with van der Waals surface area (Å²) in [5, 5.41) is 2.84. The highest BCUT2D eigenvalue weighted by atomic mass is 79.9. The number of anilines is 2. The molecular formula is C15H15BrN2O. The van der Waals surface area contributed by atoms with Crippen LogP contribution in [-0.4, -0.2) is 5.91 Å². The molecule has 0 unspecified atom stereocenters. The molecule has 0 aliphatic heterocycles. The zero-order chi connectivity index (χ0) is 14.0. The van der Waals surface area contributed by atoms with E-state index < -0.39 is 0 Å². The lowest BCUT2D eigenvalue weighted by atomic mass is 10.1. The van der Waals surface area contributed by atoms with E-state index in [0.29, 0.717) is 11.3 Å². The summed E-state index contributed by atoms with van der Waals surface area (Å²) in [6, 6.07) is 11.1. The van der Waals surface area contributed by atoms with Crippen LogP contribution in [0.5, 0.6) is 0 Å². The molecule has 4 heteroatoms. The molecule has 3 N–H and O–H groups in total. The Morgan fingerprint density at radius 1 is 1.16 bits per heavy atom. The third kappa shape index (κ3) is 3.15. The van der Waals surface area contributed by atoms with Crippen LogP contribution in [0.25, 0.3) is 0 Å². The minimum atomic E-state index is -0.201. The average Bonchev–Trinajstić information content (AvgIpc) is 2.33. The van der Waals surface area contributed by atoms with Gasteiger partial charge in [0.25, 0.3) is 5.91 Å². The number of carbonyl (C=O) groups excluding carboxylic acids is 1. The maximum atomic E-state index is 12.1. The van der Waals surface area contributed by atoms with Crippen LogP contribution in [0.4, 0.5) is 11.4 Å². The lowest BCUT2D eigenvalue weighted by Gasteiger charge is -2.09. The first kappa shape index (κ1) is 13.6. The number of rotatable bonds is 2. The molecule has 0 radical (unpaired) electrons. The molecule has 0 bridgehead atoms. The van der Waals surface area contributed by atoms with Crippen molar-refractivity contribution in [2.45, 2.75) is 13.8 Å². The van der Waals surface area contributed by atoms with Crippen molar-refractivity contribution in [1.82, 2.24) is 0 Å². The third-order valence-corrected chi connectivity index (χ3v) is 3.74. The summed E-state index contributed by atoms with van der Waals surface area (Å²) in [6.07, 6.45) is 0. The molecule has 0 aromatic heterocycles. The second-order valence-electron chi connectivity index (χ2n) is 4.51. The number of carbonyl (C=O) groups is 1. The quantitative estimate of drug-likeness (QED) is 0.825. The maximum absolute atomic E-state index is 12.1. The Hall–Kier alpha value is -1.81. The lowest BCUT2D eigenvalue weighted by Crippen LogP contribution is -2.14. The Morgan fingerprint density at radius 2 is 1.89 bits per heavy atom. The predicted octanol–water partition coefficient (Wildman–Crippen LogP) is 3.90. The summed E-state index contributed by atoms with van der Waals surface area (Å²) in [5.41, 5.74) is 9.73. The third-order valence-electron chi connectivity index (χ3n) is 2.88. The van der Waals surface area contributed by atoms with Crippen molar-refractivity contribution in [3.63, 3.8) is 0 Å². The van der Waals surface area contributed by atoms with Gasteiger partial charge < -0.3 is 11.1 Å². The fraction of sp³-hybridized carbons (Fsp3) is 0.133. The van der Waals surface area contributed by atoms with Crippen LogP contribution in [0.3, 0.4) is 0 Å². The van der Waals surface area contributed by atoms with Crippen LogP contribution in [-0.2, 0) is 0 Å². The molecule has 2 rings (SSSR count). The summed E-state index contributed by atoms with van der Waals surface area (Å²) in [4.78, 5) is 12.1. The van der Waals surface area contributed by atoms with Gasteiger partial charge >= 0.3 is 0 Å². The van der Waals surface area contributed by atoms with Gasteiger partial charge in [0.15, 0.2) is 0 Å². The Kier molecular flexibility index (Phi) is 3.90. The normalized spacial score (nSPS) is 10.3. The molecular weight excluding hydrogens is 304 g/mol. The molecule has 0 fully saturated rings. The van der Waals surface area contributed by atoms with Crippen LogP contribution in [0.2, 0.25) is 0 Å². The van der Waals surface area contributed by atoms with Crippen LogP contribution in [0.1, 0.15) is 21.5 Å². The van der Waals surface area contributed by atoms with Crippen LogP contribution in [0.15, 0.2) is 40.9 Å². The van der Waals surface area contributed by atoms with Crippen molar-refractivity contribution < 1.29 is 4.79 Å². The standard InChI is InChI=1S/C15H15BrN2O/c1-9-3-6-12(14(17)7-9)15(19)18-11-5-4-10(2)13(16)8-11/h3-8H,17H2,1-2H3,(H,18,19). The average molecular weight is 319 g/mol. The Labute approximate surface area is 121 Å². The second-order valence-corrected chi connectivity index (χ2v) is 5.36. The number of hydrogen-bond donors (Lipinski definition) is 2. The number of aryl methyl sites for hydroxylation is 2. The maximum Gasteiger partial charge on any atom is 0.257 e. The Balaban J connectivity index is 2.23. The van der Waals surface area contributed by atoms with Crippen molar-refractivity contribution in [2.75, 3.05) is 11.1 Å². The molecule has 0 heterocycles. The predicted molar refractivity (Wildman–Crippen MR) is 82.4 cm³/mol. The molecule has 0 aliphatic carbocycles. The molecule has 19 heavy (non-hydrogen) atoms. The van der Waals surface area contributed by atoms with E-state index in [2.05, 4.69) is 21.2 Å². The largest absolute Gasteiger partial charge is 0.398 e. The van der Waals surface area contributed by atoms with Gasteiger partial charge in [-0.1, -0.05) is 28.1 Å². The highest BCUT2D eigenvalue weighted by Crippen LogP contribution is 2.22. The van der Waals surface area contributed by atoms with Gasteiger partial charge in [-0.3, -0.25) is 4.79 Å². The molecule has 98 valence electrons. The van der Waals surface area contributed by atoms with E-state index in [-0.39, 0.29) is 5.91 Å². The number of nitrogen functional groups attached to an aromatic ring is 1. The van der Waals surface area contributed by atoms with Crippen molar-refractivity contribution in [3.8, 4) is 0 Å². The smallest absolute Gasteiger partial charge is 0.257 e. The molecule has 2 aromatic carbocycles. The molecule has 0 aliphatic rings. The minimum absolute atomic E-state index is 0.201. The van der Waals surface area contributed by atoms with Crippen LogP contribution >= 0.6 is 15.9 Å². The van der Waals surface area contributed by atoms with E-state index in [1.165, 1.54) is 0 Å². The number of hydrogen-bond acceptors (Lipinski definition) is 2. The van der Waals surface area contributed by atoms with E-state index in [0.717, 1.165) is 21.3 Å². The van der Waals surface area contributed by atoms with Gasteiger partial charge in [0.05, 0.1) is 5.56 Å². The minimum Gasteiger partial charge on any atom is -0.398 e.